The number of ether oxygens (including phenoxy) is 1. The molecule has 0 aliphatic carbocycles. The zero-order valence-corrected chi connectivity index (χ0v) is 11.8. The van der Waals surface area contributed by atoms with Gasteiger partial charge in [0, 0.05) is 6.54 Å². The van der Waals surface area contributed by atoms with Crippen LogP contribution in [0.25, 0.3) is 0 Å². The number of nitrogens with zero attached hydrogens (tertiary/aromatic N) is 1. The molecule has 0 aromatic heterocycles. The highest BCUT2D eigenvalue weighted by Gasteiger charge is 2.09. The van der Waals surface area contributed by atoms with Crippen LogP contribution in [0.4, 0.5) is 0 Å². The molecule has 3 nitrogen and oxygen atoms in total. The molecule has 2 N–H and O–H groups in total. The van der Waals surface area contributed by atoms with Gasteiger partial charge in [-0.05, 0) is 63.0 Å². The molecule has 1 aromatic rings. The van der Waals surface area contributed by atoms with Gasteiger partial charge in [-0.1, -0.05) is 18.6 Å². The van der Waals surface area contributed by atoms with E-state index in [1.54, 1.807) is 0 Å². The lowest BCUT2D eigenvalue weighted by molar-refractivity contribution is 0.231. The van der Waals surface area contributed by atoms with Crippen LogP contribution in [-0.2, 0) is 6.42 Å². The van der Waals surface area contributed by atoms with Crippen LogP contribution in [0.15, 0.2) is 24.3 Å². The maximum atomic E-state index is 5.69. The summed E-state index contributed by atoms with van der Waals surface area (Å²) < 4.78 is 5.69. The molecule has 0 radical (unpaired) electrons. The highest BCUT2D eigenvalue weighted by Crippen LogP contribution is 2.15. The van der Waals surface area contributed by atoms with Gasteiger partial charge in [0.2, 0.25) is 0 Å². The first-order chi connectivity index (χ1) is 9.38. The van der Waals surface area contributed by atoms with Crippen molar-refractivity contribution in [3.63, 3.8) is 0 Å². The molecule has 0 amide bonds. The highest BCUT2D eigenvalue weighted by molar-refractivity contribution is 5.28. The fourth-order valence-electron chi connectivity index (χ4n) is 2.53. The van der Waals surface area contributed by atoms with Crippen LogP contribution in [0.2, 0.25) is 0 Å². The lowest BCUT2D eigenvalue weighted by Gasteiger charge is -2.26. The Balaban J connectivity index is 1.77. The third-order valence-electron chi connectivity index (χ3n) is 3.68. The number of nitrogens with two attached hydrogens (primary N) is 1. The van der Waals surface area contributed by atoms with Crippen molar-refractivity contribution in [2.24, 2.45) is 5.73 Å². The minimum absolute atomic E-state index is 0.689. The average molecular weight is 262 g/mol. The second-order valence-electron chi connectivity index (χ2n) is 5.29. The maximum Gasteiger partial charge on any atom is 0.119 e. The summed E-state index contributed by atoms with van der Waals surface area (Å²) >= 11 is 0. The third-order valence-corrected chi connectivity index (χ3v) is 3.68. The van der Waals surface area contributed by atoms with Gasteiger partial charge in [0.15, 0.2) is 0 Å². The van der Waals surface area contributed by atoms with E-state index in [0.717, 1.165) is 18.6 Å². The molecule has 1 heterocycles. The lowest BCUT2D eigenvalue weighted by atomic mass is 10.1. The molecule has 1 fully saturated rings. The van der Waals surface area contributed by atoms with Gasteiger partial charge in [-0.3, -0.25) is 0 Å². The second-order valence-corrected chi connectivity index (χ2v) is 5.29. The van der Waals surface area contributed by atoms with Crippen LogP contribution < -0.4 is 10.5 Å². The normalized spacial score (nSPS) is 16.5. The standard InChI is InChI=1S/C16H26N2O/c17-9-5-13-19-16-7-4-6-15(14-16)8-12-18-10-2-1-3-11-18/h4,6-7,14H,1-3,5,8-13,17H2. The Morgan fingerprint density at radius 1 is 1.16 bits per heavy atom. The summed E-state index contributed by atoms with van der Waals surface area (Å²) in [6.45, 7) is 5.12. The molecule has 0 saturated carbocycles. The molecule has 1 aliphatic heterocycles. The zero-order chi connectivity index (χ0) is 13.3. The summed E-state index contributed by atoms with van der Waals surface area (Å²) in [5.41, 5.74) is 6.84. The van der Waals surface area contributed by atoms with Gasteiger partial charge in [0.1, 0.15) is 5.75 Å². The van der Waals surface area contributed by atoms with Crippen LogP contribution in [-0.4, -0.2) is 37.7 Å². The van der Waals surface area contributed by atoms with Crippen molar-refractivity contribution >= 4 is 0 Å². The number of benzene rings is 1. The third kappa shape index (κ3) is 5.21. The van der Waals surface area contributed by atoms with Gasteiger partial charge >= 0.3 is 0 Å². The first-order valence-electron chi connectivity index (χ1n) is 7.52. The van der Waals surface area contributed by atoms with Crippen molar-refractivity contribution in [2.75, 3.05) is 32.8 Å². The van der Waals surface area contributed by atoms with E-state index < -0.39 is 0 Å². The van der Waals surface area contributed by atoms with Gasteiger partial charge in [0.25, 0.3) is 0 Å². The van der Waals surface area contributed by atoms with Crippen molar-refractivity contribution in [3.8, 4) is 5.75 Å². The molecule has 1 aromatic carbocycles. The van der Waals surface area contributed by atoms with E-state index in [1.165, 1.54) is 44.5 Å². The van der Waals surface area contributed by atoms with Crippen molar-refractivity contribution in [3.05, 3.63) is 29.8 Å². The zero-order valence-electron chi connectivity index (χ0n) is 11.8. The van der Waals surface area contributed by atoms with Gasteiger partial charge in [-0.2, -0.15) is 0 Å². The van der Waals surface area contributed by atoms with Gasteiger partial charge in [-0.15, -0.1) is 0 Å². The van der Waals surface area contributed by atoms with E-state index in [1.807, 2.05) is 6.07 Å². The van der Waals surface area contributed by atoms with Crippen molar-refractivity contribution in [2.45, 2.75) is 32.1 Å². The molecule has 0 spiro atoms. The molecule has 3 heteroatoms. The first kappa shape index (κ1) is 14.4. The summed E-state index contributed by atoms with van der Waals surface area (Å²) in [4.78, 5) is 2.57. The molecule has 1 aliphatic rings. The van der Waals surface area contributed by atoms with Crippen LogP contribution in [0.5, 0.6) is 5.75 Å². The Kier molecular flexibility index (Phi) is 6.18. The number of piperidine rings is 1. The largest absolute Gasteiger partial charge is 0.494 e. The topological polar surface area (TPSA) is 38.5 Å². The first-order valence-corrected chi connectivity index (χ1v) is 7.52. The monoisotopic (exact) mass is 262 g/mol. The number of hydrogen-bond donors (Lipinski definition) is 1. The fourth-order valence-corrected chi connectivity index (χ4v) is 2.53. The predicted molar refractivity (Wildman–Crippen MR) is 79.6 cm³/mol. The summed E-state index contributed by atoms with van der Waals surface area (Å²) in [6, 6.07) is 8.48. The van der Waals surface area contributed by atoms with Crippen LogP contribution in [0.3, 0.4) is 0 Å². The average Bonchev–Trinajstić information content (AvgIpc) is 2.47. The summed E-state index contributed by atoms with van der Waals surface area (Å²) in [5, 5.41) is 0. The Morgan fingerprint density at radius 2 is 2.00 bits per heavy atom. The van der Waals surface area contributed by atoms with Crippen LogP contribution in [0.1, 0.15) is 31.2 Å². The van der Waals surface area contributed by atoms with Crippen LogP contribution >= 0.6 is 0 Å². The molecule has 1 saturated heterocycles. The quantitative estimate of drug-likeness (QED) is 0.767. The van der Waals surface area contributed by atoms with E-state index in [0.29, 0.717) is 13.2 Å². The molecule has 106 valence electrons. The number of likely N-dealkylation sites (tertiary alicyclic amines) is 1. The molecule has 0 bridgehead atoms. The molecular formula is C16H26N2O. The van der Waals surface area contributed by atoms with E-state index in [2.05, 4.69) is 23.1 Å². The summed E-state index contributed by atoms with van der Waals surface area (Å²) in [5.74, 6) is 0.976. The number of rotatable bonds is 7. The van der Waals surface area contributed by atoms with E-state index in [9.17, 15) is 0 Å². The molecule has 0 atom stereocenters. The van der Waals surface area contributed by atoms with Gasteiger partial charge in [-0.25, -0.2) is 0 Å². The fraction of sp³-hybridized carbons (Fsp3) is 0.625. The van der Waals surface area contributed by atoms with E-state index in [-0.39, 0.29) is 0 Å². The molecule has 19 heavy (non-hydrogen) atoms. The van der Waals surface area contributed by atoms with E-state index >= 15 is 0 Å². The maximum absolute atomic E-state index is 5.69. The Bertz CT molecular complexity index is 362. The minimum Gasteiger partial charge on any atom is -0.494 e. The molecule has 2 rings (SSSR count). The summed E-state index contributed by atoms with van der Waals surface area (Å²) in [7, 11) is 0. The van der Waals surface area contributed by atoms with E-state index in [4.69, 9.17) is 10.5 Å². The minimum atomic E-state index is 0.689. The highest BCUT2D eigenvalue weighted by atomic mass is 16.5. The smallest absolute Gasteiger partial charge is 0.119 e. The lowest BCUT2D eigenvalue weighted by Crippen LogP contribution is -2.31. The SMILES string of the molecule is NCCCOc1cccc(CCN2CCCCC2)c1. The van der Waals surface area contributed by atoms with Crippen molar-refractivity contribution in [1.82, 2.24) is 4.90 Å². The van der Waals surface area contributed by atoms with Crippen LogP contribution in [0, 0.1) is 0 Å². The van der Waals surface area contributed by atoms with Gasteiger partial charge in [0.05, 0.1) is 6.61 Å². The Labute approximate surface area is 116 Å². The van der Waals surface area contributed by atoms with Crippen molar-refractivity contribution in [1.29, 1.82) is 0 Å². The number of hydrogen-bond acceptors (Lipinski definition) is 3. The Morgan fingerprint density at radius 3 is 2.79 bits per heavy atom. The summed E-state index contributed by atoms with van der Waals surface area (Å²) in [6.07, 6.45) is 6.16. The Hall–Kier alpha value is -1.06. The van der Waals surface area contributed by atoms with Crippen molar-refractivity contribution < 1.29 is 4.74 Å². The molecular weight excluding hydrogens is 236 g/mol. The second kappa shape index (κ2) is 8.18. The van der Waals surface area contributed by atoms with Gasteiger partial charge < -0.3 is 15.4 Å². The molecule has 0 unspecified atom stereocenters. The predicted octanol–water partition coefficient (Wildman–Crippen LogP) is 2.44.